The number of sulfonamides is 1. The number of methoxy groups -OCH3 is 1. The molecule has 2 rings (SSSR count). The number of aromatic nitrogens is 1. The molecule has 1 heterocycles. The Morgan fingerprint density at radius 2 is 2.04 bits per heavy atom. The summed E-state index contributed by atoms with van der Waals surface area (Å²) in [6.07, 6.45) is 3.18. The van der Waals surface area contributed by atoms with Crippen molar-refractivity contribution < 1.29 is 18.1 Å². The minimum atomic E-state index is -3.94. The molecule has 9 heteroatoms. The first-order valence-corrected chi connectivity index (χ1v) is 8.94. The van der Waals surface area contributed by atoms with E-state index in [9.17, 15) is 18.5 Å². The monoisotopic (exact) mass is 365 g/mol. The van der Waals surface area contributed by atoms with Crippen molar-refractivity contribution in [1.82, 2.24) is 9.29 Å². The van der Waals surface area contributed by atoms with Crippen LogP contribution in [0.4, 0.5) is 5.69 Å². The minimum Gasteiger partial charge on any atom is -0.383 e. The Bertz CT molecular complexity index is 840. The van der Waals surface area contributed by atoms with E-state index in [2.05, 4.69) is 4.98 Å². The molecule has 25 heavy (non-hydrogen) atoms. The number of nitro benzene ring substituents is 1. The highest BCUT2D eigenvalue weighted by Crippen LogP contribution is 2.27. The molecular weight excluding hydrogens is 346 g/mol. The molecule has 0 bridgehead atoms. The number of pyridine rings is 1. The van der Waals surface area contributed by atoms with Crippen LogP contribution in [0.2, 0.25) is 0 Å². The molecule has 0 aliphatic carbocycles. The zero-order chi connectivity index (χ0) is 18.4. The van der Waals surface area contributed by atoms with Crippen molar-refractivity contribution >= 4 is 15.7 Å². The van der Waals surface area contributed by atoms with Gasteiger partial charge in [-0.05, 0) is 24.6 Å². The van der Waals surface area contributed by atoms with Crippen LogP contribution in [0.15, 0.2) is 47.6 Å². The molecule has 0 unspecified atom stereocenters. The Morgan fingerprint density at radius 1 is 1.28 bits per heavy atom. The van der Waals surface area contributed by atoms with E-state index in [0.717, 1.165) is 0 Å². The number of ether oxygens (including phenoxy) is 1. The number of benzene rings is 1. The van der Waals surface area contributed by atoms with E-state index < -0.39 is 14.9 Å². The lowest BCUT2D eigenvalue weighted by atomic mass is 10.2. The Hall–Kier alpha value is -2.36. The number of nitrogens with zero attached hydrogens (tertiary/aromatic N) is 3. The maximum atomic E-state index is 13.1. The highest BCUT2D eigenvalue weighted by molar-refractivity contribution is 7.89. The third-order valence-electron chi connectivity index (χ3n) is 3.70. The van der Waals surface area contributed by atoms with Gasteiger partial charge in [-0.1, -0.05) is 12.1 Å². The quantitative estimate of drug-likeness (QED) is 0.524. The van der Waals surface area contributed by atoms with Gasteiger partial charge in [0.25, 0.3) is 5.69 Å². The van der Waals surface area contributed by atoms with E-state index in [1.807, 2.05) is 0 Å². The smallest absolute Gasteiger partial charge is 0.273 e. The third kappa shape index (κ3) is 4.38. The van der Waals surface area contributed by atoms with Crippen molar-refractivity contribution in [3.8, 4) is 0 Å². The zero-order valence-electron chi connectivity index (χ0n) is 14.0. The van der Waals surface area contributed by atoms with Crippen molar-refractivity contribution in [2.24, 2.45) is 0 Å². The van der Waals surface area contributed by atoms with Gasteiger partial charge in [0.15, 0.2) is 0 Å². The molecule has 8 nitrogen and oxygen atoms in total. The fraction of sp³-hybridized carbons (Fsp3) is 0.312. The van der Waals surface area contributed by atoms with Gasteiger partial charge in [0.05, 0.1) is 16.4 Å². The average Bonchev–Trinajstić information content (AvgIpc) is 2.59. The third-order valence-corrected chi connectivity index (χ3v) is 5.69. The maximum Gasteiger partial charge on any atom is 0.273 e. The number of hydrogen-bond donors (Lipinski definition) is 0. The molecule has 0 radical (unpaired) electrons. The molecule has 0 N–H and O–H groups in total. The highest BCUT2D eigenvalue weighted by atomic mass is 32.2. The number of rotatable bonds is 8. The van der Waals surface area contributed by atoms with Crippen LogP contribution in [0.1, 0.15) is 11.1 Å². The maximum absolute atomic E-state index is 13.1. The van der Waals surface area contributed by atoms with Gasteiger partial charge in [-0.15, -0.1) is 0 Å². The first kappa shape index (κ1) is 19.0. The molecule has 0 amide bonds. The Balaban J connectivity index is 2.44. The van der Waals surface area contributed by atoms with Gasteiger partial charge in [-0.3, -0.25) is 15.1 Å². The van der Waals surface area contributed by atoms with E-state index in [4.69, 9.17) is 4.74 Å². The Kier molecular flexibility index (Phi) is 6.18. The molecule has 0 spiro atoms. The van der Waals surface area contributed by atoms with E-state index in [-0.39, 0.29) is 35.8 Å². The second-order valence-corrected chi connectivity index (χ2v) is 7.26. The average molecular weight is 365 g/mol. The Labute approximate surface area is 146 Å². The van der Waals surface area contributed by atoms with Crippen LogP contribution < -0.4 is 0 Å². The summed E-state index contributed by atoms with van der Waals surface area (Å²) in [5, 5.41) is 11.1. The predicted octanol–water partition coefficient (Wildman–Crippen LogP) is 2.14. The van der Waals surface area contributed by atoms with Crippen LogP contribution in [0.25, 0.3) is 0 Å². The molecule has 0 fully saturated rings. The molecular formula is C16H19N3O5S. The van der Waals surface area contributed by atoms with Crippen LogP contribution in [-0.4, -0.2) is 42.9 Å². The Morgan fingerprint density at radius 3 is 2.64 bits per heavy atom. The molecule has 0 saturated carbocycles. The molecule has 0 atom stereocenters. The van der Waals surface area contributed by atoms with Gasteiger partial charge in [0, 0.05) is 44.2 Å². The second-order valence-electron chi connectivity index (χ2n) is 5.35. The van der Waals surface area contributed by atoms with Gasteiger partial charge in [0.2, 0.25) is 10.0 Å². The summed E-state index contributed by atoms with van der Waals surface area (Å²) in [5.74, 6) is 0. The topological polar surface area (TPSA) is 103 Å². The summed E-state index contributed by atoms with van der Waals surface area (Å²) in [4.78, 5) is 14.4. The molecule has 134 valence electrons. The molecule has 1 aromatic heterocycles. The summed E-state index contributed by atoms with van der Waals surface area (Å²) < 4.78 is 32.4. The van der Waals surface area contributed by atoms with Crippen molar-refractivity contribution in [2.45, 2.75) is 18.4 Å². The lowest BCUT2D eigenvalue weighted by molar-refractivity contribution is -0.385. The lowest BCUT2D eigenvalue weighted by Crippen LogP contribution is -2.34. The first-order valence-electron chi connectivity index (χ1n) is 7.50. The normalized spacial score (nSPS) is 11.6. The number of nitro groups is 1. The van der Waals surface area contributed by atoms with Crippen LogP contribution >= 0.6 is 0 Å². The first-order chi connectivity index (χ1) is 11.9. The van der Waals surface area contributed by atoms with Gasteiger partial charge < -0.3 is 4.74 Å². The predicted molar refractivity (Wildman–Crippen MR) is 91.5 cm³/mol. The van der Waals surface area contributed by atoms with Crippen LogP contribution in [0.3, 0.4) is 0 Å². The zero-order valence-corrected chi connectivity index (χ0v) is 14.8. The summed E-state index contributed by atoms with van der Waals surface area (Å²) in [6.45, 7) is 1.86. The molecule has 1 aromatic carbocycles. The summed E-state index contributed by atoms with van der Waals surface area (Å²) >= 11 is 0. The largest absolute Gasteiger partial charge is 0.383 e. The van der Waals surface area contributed by atoms with Crippen molar-refractivity contribution in [3.05, 3.63) is 64.0 Å². The van der Waals surface area contributed by atoms with E-state index in [1.54, 1.807) is 24.5 Å². The second kappa shape index (κ2) is 8.15. The van der Waals surface area contributed by atoms with Gasteiger partial charge in [-0.2, -0.15) is 4.31 Å². The highest BCUT2D eigenvalue weighted by Gasteiger charge is 2.29. The van der Waals surface area contributed by atoms with E-state index in [0.29, 0.717) is 5.56 Å². The molecule has 0 aliphatic rings. The molecule has 0 saturated heterocycles. The van der Waals surface area contributed by atoms with E-state index in [1.165, 1.54) is 36.5 Å². The minimum absolute atomic E-state index is 0.0818. The van der Waals surface area contributed by atoms with Gasteiger partial charge in [0.1, 0.15) is 0 Å². The van der Waals surface area contributed by atoms with Crippen molar-refractivity contribution in [2.75, 3.05) is 20.3 Å². The standard InChI is InChI=1S/C16H19N3O5S/c1-13-15(19(20)21)6-3-7-16(13)25(22,23)18(9-10-24-2)12-14-5-4-8-17-11-14/h3-8,11H,9-10,12H2,1-2H3. The summed E-state index contributed by atoms with van der Waals surface area (Å²) in [5.41, 5.74) is 0.598. The lowest BCUT2D eigenvalue weighted by Gasteiger charge is -2.22. The van der Waals surface area contributed by atoms with Crippen LogP contribution in [0.5, 0.6) is 0 Å². The number of hydrogen-bond acceptors (Lipinski definition) is 6. The molecule has 0 aliphatic heterocycles. The SMILES string of the molecule is COCCN(Cc1cccnc1)S(=O)(=O)c1cccc([N+](=O)[O-])c1C. The van der Waals surface area contributed by atoms with E-state index >= 15 is 0 Å². The summed E-state index contributed by atoms with van der Waals surface area (Å²) in [6, 6.07) is 7.52. The summed E-state index contributed by atoms with van der Waals surface area (Å²) in [7, 11) is -2.46. The van der Waals surface area contributed by atoms with Crippen molar-refractivity contribution in [1.29, 1.82) is 0 Å². The molecule has 2 aromatic rings. The van der Waals surface area contributed by atoms with Gasteiger partial charge >= 0.3 is 0 Å². The van der Waals surface area contributed by atoms with Crippen molar-refractivity contribution in [3.63, 3.8) is 0 Å². The van der Waals surface area contributed by atoms with Crippen LogP contribution in [-0.2, 0) is 21.3 Å². The van der Waals surface area contributed by atoms with Gasteiger partial charge in [-0.25, -0.2) is 8.42 Å². The fourth-order valence-corrected chi connectivity index (χ4v) is 4.05. The van der Waals surface area contributed by atoms with Crippen LogP contribution in [0, 0.1) is 17.0 Å². The fourth-order valence-electron chi connectivity index (χ4n) is 2.39.